The van der Waals surface area contributed by atoms with Crippen LogP contribution in [0.4, 0.5) is 0 Å². The summed E-state index contributed by atoms with van der Waals surface area (Å²) in [4.78, 5) is 0. The minimum absolute atomic E-state index is 0.0815. The summed E-state index contributed by atoms with van der Waals surface area (Å²) in [6.07, 6.45) is 3.78. The van der Waals surface area contributed by atoms with E-state index in [1.54, 1.807) is 0 Å². The van der Waals surface area contributed by atoms with Crippen LogP contribution in [0.25, 0.3) is 0 Å². The number of hydrogen-bond donors (Lipinski definition) is 1. The van der Waals surface area contributed by atoms with E-state index < -0.39 is 6.10 Å². The van der Waals surface area contributed by atoms with E-state index >= 15 is 0 Å². The zero-order chi connectivity index (χ0) is 13.2. The lowest BCUT2D eigenvalue weighted by molar-refractivity contribution is -0.0472. The normalized spacial score (nSPS) is 21.4. The van der Waals surface area contributed by atoms with Gasteiger partial charge in [0.1, 0.15) is 11.9 Å². The lowest BCUT2D eigenvalue weighted by Crippen LogP contribution is -2.26. The molecule has 1 saturated carbocycles. The minimum Gasteiger partial charge on any atom is -0.493 e. The molecule has 104 valence electrons. The van der Waals surface area contributed by atoms with Gasteiger partial charge in [-0.05, 0) is 44.1 Å². The number of fused-ring (bicyclic) bond motifs is 1. The van der Waals surface area contributed by atoms with Crippen LogP contribution in [0.2, 0.25) is 0 Å². The lowest BCUT2D eigenvalue weighted by Gasteiger charge is -2.27. The average molecular weight is 262 g/mol. The van der Waals surface area contributed by atoms with Gasteiger partial charge in [0.25, 0.3) is 0 Å². The summed E-state index contributed by atoms with van der Waals surface area (Å²) < 4.78 is 11.6. The van der Waals surface area contributed by atoms with Gasteiger partial charge >= 0.3 is 0 Å². The van der Waals surface area contributed by atoms with Gasteiger partial charge in [0.05, 0.1) is 12.7 Å². The van der Waals surface area contributed by atoms with Crippen molar-refractivity contribution < 1.29 is 14.6 Å². The van der Waals surface area contributed by atoms with Crippen molar-refractivity contribution in [1.82, 2.24) is 0 Å². The Morgan fingerprint density at radius 1 is 1.42 bits per heavy atom. The summed E-state index contributed by atoms with van der Waals surface area (Å²) in [6, 6.07) is 6.09. The molecule has 19 heavy (non-hydrogen) atoms. The molecule has 1 heterocycles. The maximum Gasteiger partial charge on any atom is 0.128 e. The summed E-state index contributed by atoms with van der Waals surface area (Å²) in [5.41, 5.74) is 2.12. The maximum atomic E-state index is 10.7. The first kappa shape index (κ1) is 12.9. The Balaban J connectivity index is 1.87. The Hall–Kier alpha value is -1.06. The lowest BCUT2D eigenvalue weighted by atomic mass is 9.95. The molecule has 1 fully saturated rings. The number of ether oxygens (including phenoxy) is 2. The van der Waals surface area contributed by atoms with Crippen LogP contribution >= 0.6 is 0 Å². The number of benzene rings is 1. The van der Waals surface area contributed by atoms with Gasteiger partial charge in [-0.15, -0.1) is 0 Å². The molecule has 3 nitrogen and oxygen atoms in total. The second-order valence-corrected chi connectivity index (χ2v) is 5.49. The van der Waals surface area contributed by atoms with E-state index in [-0.39, 0.29) is 6.10 Å². The molecule has 1 N–H and O–H groups in total. The summed E-state index contributed by atoms with van der Waals surface area (Å²) in [5, 5.41) is 10.7. The van der Waals surface area contributed by atoms with Crippen LogP contribution in [0.3, 0.4) is 0 Å². The van der Waals surface area contributed by atoms with Gasteiger partial charge in [0, 0.05) is 12.2 Å². The first-order valence-corrected chi connectivity index (χ1v) is 7.35. The monoisotopic (exact) mass is 262 g/mol. The van der Waals surface area contributed by atoms with Crippen LogP contribution in [0, 0.1) is 5.92 Å². The number of hydrogen-bond acceptors (Lipinski definition) is 3. The van der Waals surface area contributed by atoms with Crippen molar-refractivity contribution in [2.75, 3.05) is 13.2 Å². The van der Waals surface area contributed by atoms with Gasteiger partial charge in [-0.25, -0.2) is 0 Å². The number of aryl methyl sites for hydroxylation is 1. The molecule has 0 saturated heterocycles. The van der Waals surface area contributed by atoms with Gasteiger partial charge in [0.2, 0.25) is 0 Å². The van der Waals surface area contributed by atoms with Crippen LogP contribution in [0.1, 0.15) is 43.4 Å². The summed E-state index contributed by atoms with van der Waals surface area (Å²) in [5.74, 6) is 1.40. The zero-order valence-corrected chi connectivity index (χ0v) is 11.5. The molecule has 2 aliphatic rings. The third-order valence-electron chi connectivity index (χ3n) is 4.04. The Morgan fingerprint density at radius 3 is 3.00 bits per heavy atom. The summed E-state index contributed by atoms with van der Waals surface area (Å²) in [7, 11) is 0. The minimum atomic E-state index is -0.569. The smallest absolute Gasteiger partial charge is 0.128 e. The summed E-state index contributed by atoms with van der Waals surface area (Å²) in [6.45, 7) is 3.38. The van der Waals surface area contributed by atoms with E-state index in [4.69, 9.17) is 9.47 Å². The zero-order valence-electron chi connectivity index (χ0n) is 11.5. The molecule has 1 aliphatic heterocycles. The van der Waals surface area contributed by atoms with Crippen LogP contribution in [-0.4, -0.2) is 24.4 Å². The van der Waals surface area contributed by atoms with Crippen LogP contribution < -0.4 is 4.74 Å². The second kappa shape index (κ2) is 5.51. The average Bonchev–Trinajstić information content (AvgIpc) is 3.28. The van der Waals surface area contributed by atoms with Gasteiger partial charge in [-0.2, -0.15) is 0 Å². The van der Waals surface area contributed by atoms with Gasteiger partial charge in [-0.3, -0.25) is 0 Å². The van der Waals surface area contributed by atoms with Gasteiger partial charge in [0.15, 0.2) is 0 Å². The van der Waals surface area contributed by atoms with Crippen LogP contribution in [0.15, 0.2) is 18.2 Å². The fourth-order valence-electron chi connectivity index (χ4n) is 2.93. The second-order valence-electron chi connectivity index (χ2n) is 5.49. The fourth-order valence-corrected chi connectivity index (χ4v) is 2.93. The highest BCUT2D eigenvalue weighted by molar-refractivity contribution is 5.44. The fraction of sp³-hybridized carbons (Fsp3) is 0.625. The molecule has 1 aromatic carbocycles. The van der Waals surface area contributed by atoms with E-state index in [1.165, 1.54) is 5.56 Å². The van der Waals surface area contributed by atoms with Gasteiger partial charge < -0.3 is 14.6 Å². The summed E-state index contributed by atoms with van der Waals surface area (Å²) >= 11 is 0. The first-order valence-electron chi connectivity index (χ1n) is 7.35. The Morgan fingerprint density at radius 2 is 2.26 bits per heavy atom. The number of aliphatic hydroxyl groups excluding tert-OH is 1. The van der Waals surface area contributed by atoms with Crippen LogP contribution in [0.5, 0.6) is 5.75 Å². The van der Waals surface area contributed by atoms with Crippen LogP contribution in [-0.2, 0) is 11.2 Å². The standard InChI is InChI=1S/C16H22O3/c1-2-18-16(12-8-9-12)14(17)13-7-3-5-11-6-4-10-19-15(11)13/h3,5,7,12,14,16-17H,2,4,6,8-10H2,1H3. The predicted molar refractivity (Wildman–Crippen MR) is 73.4 cm³/mol. The van der Waals surface area contributed by atoms with Gasteiger partial charge in [-0.1, -0.05) is 18.2 Å². The number of para-hydroxylation sites is 1. The van der Waals surface area contributed by atoms with E-state index in [0.29, 0.717) is 12.5 Å². The molecule has 1 aromatic rings. The van der Waals surface area contributed by atoms with Crippen molar-refractivity contribution in [3.05, 3.63) is 29.3 Å². The molecule has 0 amide bonds. The Labute approximate surface area is 114 Å². The van der Waals surface area contributed by atoms with Crippen molar-refractivity contribution in [3.63, 3.8) is 0 Å². The van der Waals surface area contributed by atoms with Crippen molar-refractivity contribution in [2.45, 2.75) is 44.8 Å². The highest BCUT2D eigenvalue weighted by Crippen LogP contribution is 2.43. The van der Waals surface area contributed by atoms with E-state index in [9.17, 15) is 5.11 Å². The molecule has 2 atom stereocenters. The number of aliphatic hydroxyl groups is 1. The third-order valence-corrected chi connectivity index (χ3v) is 4.04. The molecule has 0 aromatic heterocycles. The first-order chi connectivity index (χ1) is 9.31. The van der Waals surface area contributed by atoms with Crippen molar-refractivity contribution >= 4 is 0 Å². The molecule has 3 rings (SSSR count). The van der Waals surface area contributed by atoms with E-state index in [1.807, 2.05) is 19.1 Å². The highest BCUT2D eigenvalue weighted by Gasteiger charge is 2.38. The largest absolute Gasteiger partial charge is 0.493 e. The Kier molecular flexibility index (Phi) is 3.76. The predicted octanol–water partition coefficient (Wildman–Crippen LogP) is 2.86. The van der Waals surface area contributed by atoms with E-state index in [0.717, 1.165) is 43.6 Å². The molecule has 0 radical (unpaired) electrons. The van der Waals surface area contributed by atoms with Crippen molar-refractivity contribution in [3.8, 4) is 5.75 Å². The molecular formula is C16H22O3. The Bertz CT molecular complexity index is 440. The molecule has 1 aliphatic carbocycles. The molecule has 0 spiro atoms. The maximum absolute atomic E-state index is 10.7. The van der Waals surface area contributed by atoms with Crippen molar-refractivity contribution in [2.24, 2.45) is 5.92 Å². The highest BCUT2D eigenvalue weighted by atomic mass is 16.5. The number of rotatable bonds is 5. The molecule has 3 heteroatoms. The molecule has 2 unspecified atom stereocenters. The van der Waals surface area contributed by atoms with E-state index in [2.05, 4.69) is 6.07 Å². The molecular weight excluding hydrogens is 240 g/mol. The third kappa shape index (κ3) is 2.63. The quantitative estimate of drug-likeness (QED) is 0.886. The molecule has 0 bridgehead atoms. The SMILES string of the molecule is CCOC(C1CC1)C(O)c1cccc2c1OCCC2. The topological polar surface area (TPSA) is 38.7 Å². The van der Waals surface area contributed by atoms with Crippen molar-refractivity contribution in [1.29, 1.82) is 0 Å².